The number of nitrogens with zero attached hydrogens (tertiary/aromatic N) is 3. The van der Waals surface area contributed by atoms with E-state index in [0.29, 0.717) is 10.8 Å². The molecule has 7 nitrogen and oxygen atoms in total. The number of benzene rings is 1. The van der Waals surface area contributed by atoms with Gasteiger partial charge in [0.2, 0.25) is 10.0 Å². The number of hydrogen-bond acceptors (Lipinski definition) is 6. The highest BCUT2D eigenvalue weighted by atomic mass is 35.5. The zero-order chi connectivity index (χ0) is 19.6. The molecule has 0 saturated carbocycles. The smallest absolute Gasteiger partial charge is 0.259 e. The van der Waals surface area contributed by atoms with Crippen molar-refractivity contribution in [2.75, 3.05) is 19.4 Å². The van der Waals surface area contributed by atoms with E-state index < -0.39 is 15.9 Å². The first kappa shape index (κ1) is 19.4. The fourth-order valence-corrected chi connectivity index (χ4v) is 4.04. The fourth-order valence-electron chi connectivity index (χ4n) is 2.19. The Hall–Kier alpha value is -2.33. The third-order valence-corrected chi connectivity index (χ3v) is 6.54. The van der Waals surface area contributed by atoms with E-state index in [9.17, 15) is 13.2 Å². The number of hydrogen-bond donors (Lipinski definition) is 1. The van der Waals surface area contributed by atoms with Gasteiger partial charge >= 0.3 is 0 Å². The van der Waals surface area contributed by atoms with Gasteiger partial charge in [-0.3, -0.25) is 15.1 Å². The SMILES string of the molecule is CN(C)S(=O)(=O)c1ccc(Cl)c(C(=O)Nc2nc(-c3cccnc3)cs2)c1. The molecule has 3 aromatic rings. The zero-order valence-corrected chi connectivity index (χ0v) is 16.8. The Morgan fingerprint density at radius 3 is 2.70 bits per heavy atom. The second-order valence-corrected chi connectivity index (χ2v) is 9.08. The second-order valence-electron chi connectivity index (χ2n) is 5.66. The molecule has 2 aromatic heterocycles. The third kappa shape index (κ3) is 4.16. The van der Waals surface area contributed by atoms with Crippen molar-refractivity contribution in [1.29, 1.82) is 0 Å². The van der Waals surface area contributed by atoms with E-state index in [-0.39, 0.29) is 15.5 Å². The van der Waals surface area contributed by atoms with Crippen molar-refractivity contribution < 1.29 is 13.2 Å². The van der Waals surface area contributed by atoms with E-state index in [1.165, 1.54) is 43.6 Å². The van der Waals surface area contributed by atoms with E-state index in [1.807, 2.05) is 6.07 Å². The van der Waals surface area contributed by atoms with Gasteiger partial charge in [-0.2, -0.15) is 0 Å². The number of thiazole rings is 1. The van der Waals surface area contributed by atoms with Crippen molar-refractivity contribution in [1.82, 2.24) is 14.3 Å². The summed E-state index contributed by atoms with van der Waals surface area (Å²) in [6.07, 6.45) is 3.34. The minimum atomic E-state index is -3.68. The number of pyridine rings is 1. The molecule has 0 aliphatic rings. The van der Waals surface area contributed by atoms with Crippen LogP contribution in [0.1, 0.15) is 10.4 Å². The van der Waals surface area contributed by atoms with Crippen LogP contribution in [-0.2, 0) is 10.0 Å². The van der Waals surface area contributed by atoms with Crippen LogP contribution in [0.5, 0.6) is 0 Å². The van der Waals surface area contributed by atoms with Crippen molar-refractivity contribution >= 4 is 44.0 Å². The summed E-state index contributed by atoms with van der Waals surface area (Å²) in [5.74, 6) is -0.539. The minimum absolute atomic E-state index is 0.0164. The van der Waals surface area contributed by atoms with Gasteiger partial charge in [-0.1, -0.05) is 11.6 Å². The molecule has 1 aromatic carbocycles. The molecule has 0 radical (unpaired) electrons. The van der Waals surface area contributed by atoms with Gasteiger partial charge in [-0.15, -0.1) is 11.3 Å². The Bertz CT molecular complexity index is 1080. The van der Waals surface area contributed by atoms with Crippen LogP contribution in [0.2, 0.25) is 5.02 Å². The van der Waals surface area contributed by atoms with Crippen molar-refractivity contribution in [3.05, 3.63) is 58.7 Å². The minimum Gasteiger partial charge on any atom is -0.298 e. The van der Waals surface area contributed by atoms with Gasteiger partial charge in [0.15, 0.2) is 5.13 Å². The first-order valence-electron chi connectivity index (χ1n) is 7.68. The number of rotatable bonds is 5. The third-order valence-electron chi connectivity index (χ3n) is 3.64. The predicted molar refractivity (Wildman–Crippen MR) is 106 cm³/mol. The average Bonchev–Trinajstić information content (AvgIpc) is 3.11. The van der Waals surface area contributed by atoms with Crippen LogP contribution in [0, 0.1) is 0 Å². The maximum atomic E-state index is 12.6. The summed E-state index contributed by atoms with van der Waals surface area (Å²) >= 11 is 7.34. The highest BCUT2D eigenvalue weighted by Crippen LogP contribution is 2.26. The van der Waals surface area contributed by atoms with E-state index >= 15 is 0 Å². The Balaban J connectivity index is 1.86. The average molecular weight is 423 g/mol. The molecular weight excluding hydrogens is 408 g/mol. The highest BCUT2D eigenvalue weighted by Gasteiger charge is 2.21. The Labute approximate surface area is 165 Å². The van der Waals surface area contributed by atoms with Crippen LogP contribution in [-0.4, -0.2) is 42.7 Å². The highest BCUT2D eigenvalue weighted by molar-refractivity contribution is 7.89. The van der Waals surface area contributed by atoms with Crippen LogP contribution in [0.3, 0.4) is 0 Å². The summed E-state index contributed by atoms with van der Waals surface area (Å²) in [4.78, 5) is 21.0. The van der Waals surface area contributed by atoms with Crippen LogP contribution in [0.25, 0.3) is 11.3 Å². The molecule has 3 rings (SSSR count). The quantitative estimate of drug-likeness (QED) is 0.680. The molecule has 0 fully saturated rings. The normalized spacial score (nSPS) is 11.6. The Kier molecular flexibility index (Phi) is 5.56. The molecule has 2 heterocycles. The van der Waals surface area contributed by atoms with Crippen molar-refractivity contribution in [2.45, 2.75) is 4.90 Å². The molecule has 27 heavy (non-hydrogen) atoms. The van der Waals surface area contributed by atoms with E-state index in [0.717, 1.165) is 9.87 Å². The first-order chi connectivity index (χ1) is 12.8. The van der Waals surface area contributed by atoms with Gasteiger partial charge in [0, 0.05) is 37.4 Å². The number of carbonyl (C=O) groups excluding carboxylic acids is 1. The van der Waals surface area contributed by atoms with Crippen molar-refractivity contribution in [3.63, 3.8) is 0 Å². The van der Waals surface area contributed by atoms with Gasteiger partial charge in [-0.25, -0.2) is 17.7 Å². The van der Waals surface area contributed by atoms with Gasteiger partial charge in [0.1, 0.15) is 0 Å². The number of aromatic nitrogens is 2. The number of anilines is 1. The maximum absolute atomic E-state index is 12.6. The van der Waals surface area contributed by atoms with Gasteiger partial charge in [0.05, 0.1) is 21.2 Å². The monoisotopic (exact) mass is 422 g/mol. The number of nitrogens with one attached hydrogen (secondary N) is 1. The maximum Gasteiger partial charge on any atom is 0.259 e. The summed E-state index contributed by atoms with van der Waals surface area (Å²) in [6, 6.07) is 7.65. The number of carbonyl (C=O) groups is 1. The number of halogens is 1. The van der Waals surface area contributed by atoms with Crippen LogP contribution in [0.15, 0.2) is 53.0 Å². The van der Waals surface area contributed by atoms with E-state index in [4.69, 9.17) is 11.6 Å². The Morgan fingerprint density at radius 2 is 2.04 bits per heavy atom. The molecule has 0 atom stereocenters. The molecule has 10 heteroatoms. The van der Waals surface area contributed by atoms with Crippen LogP contribution in [0.4, 0.5) is 5.13 Å². The lowest BCUT2D eigenvalue weighted by Gasteiger charge is -2.13. The zero-order valence-electron chi connectivity index (χ0n) is 14.4. The largest absolute Gasteiger partial charge is 0.298 e. The first-order valence-corrected chi connectivity index (χ1v) is 10.4. The summed E-state index contributed by atoms with van der Waals surface area (Å²) < 4.78 is 25.6. The Morgan fingerprint density at radius 1 is 1.26 bits per heavy atom. The topological polar surface area (TPSA) is 92.3 Å². The molecular formula is C17H15ClN4O3S2. The second kappa shape index (κ2) is 7.73. The molecule has 0 bridgehead atoms. The summed E-state index contributed by atoms with van der Waals surface area (Å²) in [5, 5.41) is 4.96. The van der Waals surface area contributed by atoms with Crippen LogP contribution >= 0.6 is 22.9 Å². The fraction of sp³-hybridized carbons (Fsp3) is 0.118. The van der Waals surface area contributed by atoms with Crippen molar-refractivity contribution in [2.24, 2.45) is 0 Å². The molecule has 140 valence electrons. The molecule has 1 amide bonds. The molecule has 0 aliphatic carbocycles. The number of amides is 1. The summed E-state index contributed by atoms with van der Waals surface area (Å²) in [6.45, 7) is 0. The summed E-state index contributed by atoms with van der Waals surface area (Å²) in [5.41, 5.74) is 1.56. The van der Waals surface area contributed by atoms with E-state index in [1.54, 1.807) is 23.8 Å². The van der Waals surface area contributed by atoms with Gasteiger partial charge < -0.3 is 0 Å². The lowest BCUT2D eigenvalue weighted by Crippen LogP contribution is -2.23. The molecule has 1 N–H and O–H groups in total. The lowest BCUT2D eigenvalue weighted by molar-refractivity contribution is 0.102. The van der Waals surface area contributed by atoms with Gasteiger partial charge in [0.25, 0.3) is 5.91 Å². The number of sulfonamides is 1. The van der Waals surface area contributed by atoms with Crippen LogP contribution < -0.4 is 5.32 Å². The lowest BCUT2D eigenvalue weighted by atomic mass is 10.2. The van der Waals surface area contributed by atoms with Crippen molar-refractivity contribution in [3.8, 4) is 11.3 Å². The summed E-state index contributed by atoms with van der Waals surface area (Å²) in [7, 11) is -0.848. The molecule has 0 saturated heterocycles. The standard InChI is InChI=1S/C17H15ClN4O3S2/c1-22(2)27(24,25)12-5-6-14(18)13(8-12)16(23)21-17-20-15(10-26-17)11-4-3-7-19-9-11/h3-10H,1-2H3,(H,20,21,23). The molecule has 0 aliphatic heterocycles. The molecule has 0 unspecified atom stereocenters. The molecule has 0 spiro atoms. The predicted octanol–water partition coefficient (Wildman–Crippen LogP) is 3.36. The van der Waals surface area contributed by atoms with Gasteiger partial charge in [-0.05, 0) is 30.3 Å². The van der Waals surface area contributed by atoms with E-state index in [2.05, 4.69) is 15.3 Å².